The van der Waals surface area contributed by atoms with Gasteiger partial charge in [0.1, 0.15) is 22.2 Å². The maximum Gasteiger partial charge on any atom is 0.273 e. The van der Waals surface area contributed by atoms with Gasteiger partial charge in [0.25, 0.3) is 10.0 Å². The van der Waals surface area contributed by atoms with E-state index in [-0.39, 0.29) is 10.6 Å². The molecule has 0 fully saturated rings. The Hall–Kier alpha value is -2.54. The lowest BCUT2D eigenvalue weighted by molar-refractivity contribution is 0.386. The summed E-state index contributed by atoms with van der Waals surface area (Å²) in [5.41, 5.74) is 1.16. The number of methoxy groups -OCH3 is 2. The summed E-state index contributed by atoms with van der Waals surface area (Å²) in [6, 6.07) is 11.7. The lowest BCUT2D eigenvalue weighted by Crippen LogP contribution is -2.15. The molecule has 0 atom stereocenters. The van der Waals surface area contributed by atoms with Crippen LogP contribution in [0.25, 0.3) is 11.0 Å². The van der Waals surface area contributed by atoms with Crippen molar-refractivity contribution in [2.75, 3.05) is 14.2 Å². The summed E-state index contributed by atoms with van der Waals surface area (Å²) in [5, 5.41) is 0. The predicted molar refractivity (Wildman–Crippen MR) is 86.6 cm³/mol. The Morgan fingerprint density at radius 1 is 1.04 bits per heavy atom. The van der Waals surface area contributed by atoms with Crippen molar-refractivity contribution in [3.8, 4) is 11.5 Å². The van der Waals surface area contributed by atoms with E-state index < -0.39 is 10.0 Å². The number of aromatic nitrogens is 2. The van der Waals surface area contributed by atoms with Crippen LogP contribution in [0, 0.1) is 6.92 Å². The van der Waals surface area contributed by atoms with Gasteiger partial charge in [-0.3, -0.25) is 0 Å². The summed E-state index contributed by atoms with van der Waals surface area (Å²) in [5.74, 6) is 1.14. The number of para-hydroxylation sites is 2. The van der Waals surface area contributed by atoms with Gasteiger partial charge >= 0.3 is 0 Å². The van der Waals surface area contributed by atoms with Gasteiger partial charge in [-0.2, -0.15) is 0 Å². The molecule has 0 saturated heterocycles. The van der Waals surface area contributed by atoms with Crippen molar-refractivity contribution in [3.63, 3.8) is 0 Å². The molecule has 2 aromatic carbocycles. The van der Waals surface area contributed by atoms with Crippen LogP contribution in [0.1, 0.15) is 5.82 Å². The Morgan fingerprint density at radius 2 is 1.78 bits per heavy atom. The highest BCUT2D eigenvalue weighted by Gasteiger charge is 2.26. The minimum atomic E-state index is -3.85. The average Bonchev–Trinajstić information content (AvgIpc) is 2.90. The Bertz CT molecular complexity index is 977. The Morgan fingerprint density at radius 3 is 2.48 bits per heavy atom. The van der Waals surface area contributed by atoms with Crippen LogP contribution in [0.15, 0.2) is 47.4 Å². The minimum absolute atomic E-state index is 0.0621. The molecule has 0 bridgehead atoms. The largest absolute Gasteiger partial charge is 0.497 e. The Balaban J connectivity index is 2.28. The molecule has 1 aromatic heterocycles. The molecule has 1 heterocycles. The molecule has 0 N–H and O–H groups in total. The quantitative estimate of drug-likeness (QED) is 0.734. The number of hydrogen-bond donors (Lipinski definition) is 0. The number of nitrogens with zero attached hydrogens (tertiary/aromatic N) is 2. The second-order valence-corrected chi connectivity index (χ2v) is 6.69. The highest BCUT2D eigenvalue weighted by atomic mass is 32.2. The number of benzene rings is 2. The summed E-state index contributed by atoms with van der Waals surface area (Å²) in [4.78, 5) is 4.37. The van der Waals surface area contributed by atoms with Crippen molar-refractivity contribution in [2.45, 2.75) is 11.8 Å². The molecule has 0 unspecified atom stereocenters. The number of imidazole rings is 1. The third-order valence-corrected chi connectivity index (χ3v) is 5.40. The third kappa shape index (κ3) is 2.43. The molecule has 7 heteroatoms. The van der Waals surface area contributed by atoms with E-state index in [4.69, 9.17) is 9.47 Å². The lowest BCUT2D eigenvalue weighted by Gasteiger charge is -2.13. The summed E-state index contributed by atoms with van der Waals surface area (Å²) < 4.78 is 37.8. The molecular formula is C16H16N2O4S. The first-order valence-electron chi connectivity index (χ1n) is 6.90. The van der Waals surface area contributed by atoms with Crippen molar-refractivity contribution >= 4 is 21.1 Å². The van der Waals surface area contributed by atoms with Crippen molar-refractivity contribution in [3.05, 3.63) is 48.3 Å². The average molecular weight is 332 g/mol. The molecule has 3 aromatic rings. The van der Waals surface area contributed by atoms with Gasteiger partial charge in [-0.25, -0.2) is 17.4 Å². The van der Waals surface area contributed by atoms with E-state index in [9.17, 15) is 8.42 Å². The number of hydrogen-bond acceptors (Lipinski definition) is 5. The monoisotopic (exact) mass is 332 g/mol. The SMILES string of the molecule is COc1ccc(S(=O)(=O)n2c(C)nc3ccccc32)c(OC)c1. The number of aryl methyl sites for hydroxylation is 1. The molecule has 0 amide bonds. The number of ether oxygens (including phenoxy) is 2. The van der Waals surface area contributed by atoms with Gasteiger partial charge in [0.2, 0.25) is 0 Å². The van der Waals surface area contributed by atoms with Crippen molar-refractivity contribution in [1.29, 1.82) is 0 Å². The van der Waals surface area contributed by atoms with Crippen molar-refractivity contribution in [2.24, 2.45) is 0 Å². The van der Waals surface area contributed by atoms with Gasteiger partial charge in [0.05, 0.1) is 25.3 Å². The van der Waals surface area contributed by atoms with Crippen molar-refractivity contribution in [1.82, 2.24) is 8.96 Å². The fraction of sp³-hybridized carbons (Fsp3) is 0.188. The van der Waals surface area contributed by atoms with Crippen LogP contribution < -0.4 is 9.47 Å². The molecule has 6 nitrogen and oxygen atoms in total. The molecule has 0 aliphatic heterocycles. The molecule has 0 saturated carbocycles. The van der Waals surface area contributed by atoms with Crippen LogP contribution in [0.2, 0.25) is 0 Å². The van der Waals surface area contributed by atoms with E-state index >= 15 is 0 Å². The first-order chi connectivity index (χ1) is 11.0. The second-order valence-electron chi connectivity index (χ2n) is 4.93. The summed E-state index contributed by atoms with van der Waals surface area (Å²) in [6.45, 7) is 1.66. The highest BCUT2D eigenvalue weighted by Crippen LogP contribution is 2.32. The van der Waals surface area contributed by atoms with E-state index in [2.05, 4.69) is 4.98 Å². The minimum Gasteiger partial charge on any atom is -0.497 e. The van der Waals surface area contributed by atoms with Gasteiger partial charge in [-0.05, 0) is 31.2 Å². The van der Waals surface area contributed by atoms with E-state index in [0.717, 1.165) is 0 Å². The van der Waals surface area contributed by atoms with Gasteiger partial charge in [-0.1, -0.05) is 12.1 Å². The highest BCUT2D eigenvalue weighted by molar-refractivity contribution is 7.90. The fourth-order valence-corrected chi connectivity index (χ4v) is 4.15. The molecule has 0 radical (unpaired) electrons. The molecule has 0 spiro atoms. The Labute approximate surface area is 134 Å². The molecule has 0 aliphatic rings. The molecule has 120 valence electrons. The molecular weight excluding hydrogens is 316 g/mol. The van der Waals surface area contributed by atoms with E-state index in [0.29, 0.717) is 22.6 Å². The Kier molecular flexibility index (Phi) is 3.73. The van der Waals surface area contributed by atoms with Crippen LogP contribution in [0.3, 0.4) is 0 Å². The summed E-state index contributed by atoms with van der Waals surface area (Å²) >= 11 is 0. The predicted octanol–water partition coefficient (Wildman–Crippen LogP) is 2.60. The van der Waals surface area contributed by atoms with Gasteiger partial charge in [0, 0.05) is 6.07 Å². The zero-order chi connectivity index (χ0) is 16.6. The molecule has 3 rings (SSSR count). The number of rotatable bonds is 4. The van der Waals surface area contributed by atoms with Crippen LogP contribution in [-0.4, -0.2) is 31.6 Å². The van der Waals surface area contributed by atoms with Crippen LogP contribution in [-0.2, 0) is 10.0 Å². The maximum atomic E-state index is 13.1. The van der Waals surface area contributed by atoms with E-state index in [1.54, 1.807) is 37.3 Å². The normalized spacial score (nSPS) is 11.6. The summed E-state index contributed by atoms with van der Waals surface area (Å²) in [7, 11) is -0.913. The van der Waals surface area contributed by atoms with Crippen LogP contribution in [0.4, 0.5) is 0 Å². The lowest BCUT2D eigenvalue weighted by atomic mass is 10.3. The fourth-order valence-electron chi connectivity index (χ4n) is 2.51. The maximum absolute atomic E-state index is 13.1. The number of fused-ring (bicyclic) bond motifs is 1. The van der Waals surface area contributed by atoms with Gasteiger partial charge in [-0.15, -0.1) is 0 Å². The first kappa shape index (κ1) is 15.4. The molecule has 23 heavy (non-hydrogen) atoms. The van der Waals surface area contributed by atoms with Crippen LogP contribution >= 0.6 is 0 Å². The van der Waals surface area contributed by atoms with Gasteiger partial charge < -0.3 is 9.47 Å². The zero-order valence-corrected chi connectivity index (χ0v) is 13.8. The molecule has 0 aliphatic carbocycles. The van der Waals surface area contributed by atoms with Crippen molar-refractivity contribution < 1.29 is 17.9 Å². The zero-order valence-electron chi connectivity index (χ0n) is 13.0. The standard InChI is InChI=1S/C16H16N2O4S/c1-11-17-13-6-4-5-7-14(13)18(11)23(19,20)16-9-8-12(21-2)10-15(16)22-3/h4-10H,1-3H3. The second kappa shape index (κ2) is 5.58. The van der Waals surface area contributed by atoms with E-state index in [1.165, 1.54) is 24.3 Å². The third-order valence-electron chi connectivity index (χ3n) is 3.57. The summed E-state index contributed by atoms with van der Waals surface area (Å²) in [6.07, 6.45) is 0. The topological polar surface area (TPSA) is 70.4 Å². The van der Waals surface area contributed by atoms with E-state index in [1.807, 2.05) is 6.07 Å². The van der Waals surface area contributed by atoms with Crippen LogP contribution in [0.5, 0.6) is 11.5 Å². The van der Waals surface area contributed by atoms with Gasteiger partial charge in [0.15, 0.2) is 0 Å². The first-order valence-corrected chi connectivity index (χ1v) is 8.34. The smallest absolute Gasteiger partial charge is 0.273 e.